The Morgan fingerprint density at radius 1 is 1.19 bits per heavy atom. The van der Waals surface area contributed by atoms with E-state index in [9.17, 15) is 9.90 Å². The fraction of sp³-hybridized carbons (Fsp3) is 0.190. The number of aromatic nitrogens is 2. The van der Waals surface area contributed by atoms with Crippen LogP contribution in [0.4, 0.5) is 0 Å². The quantitative estimate of drug-likeness (QED) is 0.461. The second-order valence-electron chi connectivity index (χ2n) is 6.75. The van der Waals surface area contributed by atoms with E-state index in [0.29, 0.717) is 17.3 Å². The number of H-pyrrole nitrogens is 1. The number of nitrogens with one attached hydrogen (secondary N) is 2. The SMILES string of the molecule is CC(C)Cc1ccc(-c2cc(C(=O)N/N=C/c3ccc(O)cc3)[nH]n2)cc1. The van der Waals surface area contributed by atoms with E-state index in [0.717, 1.165) is 17.5 Å². The molecule has 3 rings (SSSR count). The van der Waals surface area contributed by atoms with Crippen molar-refractivity contribution in [3.05, 3.63) is 71.4 Å². The Hall–Kier alpha value is -3.41. The van der Waals surface area contributed by atoms with Crippen LogP contribution in [0.2, 0.25) is 0 Å². The summed E-state index contributed by atoms with van der Waals surface area (Å²) in [6, 6.07) is 16.4. The van der Waals surface area contributed by atoms with Crippen LogP contribution in [0.3, 0.4) is 0 Å². The number of phenolic OH excluding ortho intramolecular Hbond substituents is 1. The van der Waals surface area contributed by atoms with Gasteiger partial charge in [-0.3, -0.25) is 9.89 Å². The zero-order chi connectivity index (χ0) is 19.2. The van der Waals surface area contributed by atoms with Gasteiger partial charge in [0.05, 0.1) is 11.9 Å². The topological polar surface area (TPSA) is 90.4 Å². The first-order valence-electron chi connectivity index (χ1n) is 8.78. The van der Waals surface area contributed by atoms with E-state index in [1.807, 2.05) is 12.1 Å². The highest BCUT2D eigenvalue weighted by atomic mass is 16.3. The van der Waals surface area contributed by atoms with Gasteiger partial charge < -0.3 is 5.11 Å². The molecule has 0 spiro atoms. The van der Waals surface area contributed by atoms with Crippen molar-refractivity contribution in [1.82, 2.24) is 15.6 Å². The van der Waals surface area contributed by atoms with E-state index in [1.54, 1.807) is 30.3 Å². The number of hydrogen-bond donors (Lipinski definition) is 3. The molecule has 0 bridgehead atoms. The smallest absolute Gasteiger partial charge is 0.289 e. The number of rotatable bonds is 6. The molecule has 0 radical (unpaired) electrons. The number of nitrogens with zero attached hydrogens (tertiary/aromatic N) is 2. The van der Waals surface area contributed by atoms with Gasteiger partial charge in [-0.1, -0.05) is 38.1 Å². The lowest BCUT2D eigenvalue weighted by atomic mass is 10.0. The lowest BCUT2D eigenvalue weighted by molar-refractivity contribution is 0.0950. The van der Waals surface area contributed by atoms with E-state index >= 15 is 0 Å². The van der Waals surface area contributed by atoms with Crippen molar-refractivity contribution >= 4 is 12.1 Å². The molecule has 1 heterocycles. The molecule has 0 aliphatic heterocycles. The molecule has 3 N–H and O–H groups in total. The molecule has 0 unspecified atom stereocenters. The van der Waals surface area contributed by atoms with E-state index in [4.69, 9.17) is 0 Å². The molecule has 138 valence electrons. The van der Waals surface area contributed by atoms with Crippen molar-refractivity contribution in [2.45, 2.75) is 20.3 Å². The molecule has 0 saturated heterocycles. The van der Waals surface area contributed by atoms with Gasteiger partial charge in [0.2, 0.25) is 0 Å². The summed E-state index contributed by atoms with van der Waals surface area (Å²) in [4.78, 5) is 12.2. The highest BCUT2D eigenvalue weighted by Crippen LogP contribution is 2.19. The first-order valence-corrected chi connectivity index (χ1v) is 8.78. The fourth-order valence-corrected chi connectivity index (χ4v) is 2.65. The van der Waals surface area contributed by atoms with Gasteiger partial charge in [0.15, 0.2) is 0 Å². The highest BCUT2D eigenvalue weighted by molar-refractivity contribution is 5.94. The van der Waals surface area contributed by atoms with Gasteiger partial charge in [0.25, 0.3) is 5.91 Å². The Labute approximate surface area is 158 Å². The number of carbonyl (C=O) groups is 1. The fourth-order valence-electron chi connectivity index (χ4n) is 2.65. The average Bonchev–Trinajstić information content (AvgIpc) is 3.14. The molecule has 0 fully saturated rings. The summed E-state index contributed by atoms with van der Waals surface area (Å²) >= 11 is 0. The van der Waals surface area contributed by atoms with Crippen LogP contribution in [0.25, 0.3) is 11.3 Å². The van der Waals surface area contributed by atoms with Crippen molar-refractivity contribution in [2.24, 2.45) is 11.0 Å². The standard InChI is InChI=1S/C21H22N4O2/c1-14(2)11-15-3-7-17(8-4-15)19-12-20(24-23-19)21(27)25-22-13-16-5-9-18(26)10-6-16/h3-10,12-14,26H,11H2,1-2H3,(H,23,24)(H,25,27)/b22-13+. The summed E-state index contributed by atoms with van der Waals surface area (Å²) in [5.41, 5.74) is 6.49. The third-order valence-electron chi connectivity index (χ3n) is 3.99. The van der Waals surface area contributed by atoms with Crippen LogP contribution in [0.1, 0.15) is 35.5 Å². The molecular weight excluding hydrogens is 340 g/mol. The van der Waals surface area contributed by atoms with E-state index in [2.05, 4.69) is 46.7 Å². The Bertz CT molecular complexity index is 926. The van der Waals surface area contributed by atoms with Crippen LogP contribution in [0.15, 0.2) is 59.7 Å². The van der Waals surface area contributed by atoms with Crippen LogP contribution in [0.5, 0.6) is 5.75 Å². The zero-order valence-corrected chi connectivity index (χ0v) is 15.3. The van der Waals surface area contributed by atoms with Gasteiger partial charge in [-0.15, -0.1) is 0 Å². The van der Waals surface area contributed by atoms with Crippen molar-refractivity contribution < 1.29 is 9.90 Å². The first-order chi connectivity index (χ1) is 13.0. The molecule has 6 nitrogen and oxygen atoms in total. The summed E-state index contributed by atoms with van der Waals surface area (Å²) in [6.07, 6.45) is 2.54. The van der Waals surface area contributed by atoms with Gasteiger partial charge in [0.1, 0.15) is 11.4 Å². The third-order valence-corrected chi connectivity index (χ3v) is 3.99. The lowest BCUT2D eigenvalue weighted by Crippen LogP contribution is -2.17. The van der Waals surface area contributed by atoms with Crippen LogP contribution in [-0.2, 0) is 6.42 Å². The number of carbonyl (C=O) groups excluding carboxylic acids is 1. The maximum atomic E-state index is 12.2. The highest BCUT2D eigenvalue weighted by Gasteiger charge is 2.10. The molecule has 27 heavy (non-hydrogen) atoms. The predicted molar refractivity (Wildman–Crippen MR) is 106 cm³/mol. The summed E-state index contributed by atoms with van der Waals surface area (Å²) in [5.74, 6) is 0.414. The maximum absolute atomic E-state index is 12.2. The number of hydrogen-bond acceptors (Lipinski definition) is 4. The Morgan fingerprint density at radius 3 is 2.56 bits per heavy atom. The van der Waals surface area contributed by atoms with Crippen molar-refractivity contribution in [3.8, 4) is 17.0 Å². The third kappa shape index (κ3) is 5.04. The minimum absolute atomic E-state index is 0.179. The predicted octanol–water partition coefficient (Wildman–Crippen LogP) is 3.74. The van der Waals surface area contributed by atoms with Gasteiger partial charge >= 0.3 is 0 Å². The molecule has 3 aromatic rings. The second-order valence-corrected chi connectivity index (χ2v) is 6.75. The maximum Gasteiger partial charge on any atom is 0.289 e. The molecule has 2 aromatic carbocycles. The van der Waals surface area contributed by atoms with Crippen LogP contribution >= 0.6 is 0 Å². The van der Waals surface area contributed by atoms with Crippen LogP contribution in [-0.4, -0.2) is 27.4 Å². The second kappa shape index (κ2) is 8.31. The number of amides is 1. The molecular formula is C21H22N4O2. The summed E-state index contributed by atoms with van der Waals surface area (Å²) < 4.78 is 0. The van der Waals surface area contributed by atoms with Gasteiger partial charge in [-0.25, -0.2) is 5.43 Å². The van der Waals surface area contributed by atoms with Crippen molar-refractivity contribution in [2.75, 3.05) is 0 Å². The number of hydrazone groups is 1. The molecule has 0 aliphatic rings. The normalized spacial score (nSPS) is 11.2. The summed E-state index contributed by atoms with van der Waals surface area (Å²) in [6.45, 7) is 4.38. The van der Waals surface area contributed by atoms with Crippen molar-refractivity contribution in [1.29, 1.82) is 0 Å². The average molecular weight is 362 g/mol. The lowest BCUT2D eigenvalue weighted by Gasteiger charge is -2.05. The number of aromatic hydroxyl groups is 1. The molecule has 0 saturated carbocycles. The largest absolute Gasteiger partial charge is 0.508 e. The Balaban J connectivity index is 1.62. The molecule has 1 aromatic heterocycles. The van der Waals surface area contributed by atoms with E-state index in [1.165, 1.54) is 11.8 Å². The van der Waals surface area contributed by atoms with Crippen LogP contribution in [0, 0.1) is 5.92 Å². The van der Waals surface area contributed by atoms with Gasteiger partial charge in [0, 0.05) is 5.56 Å². The minimum atomic E-state index is -0.375. The molecule has 0 atom stereocenters. The molecule has 0 aliphatic carbocycles. The summed E-state index contributed by atoms with van der Waals surface area (Å²) in [7, 11) is 0. The Kier molecular flexibility index (Phi) is 5.66. The number of aromatic amines is 1. The first kappa shape index (κ1) is 18.4. The molecule has 1 amide bonds. The van der Waals surface area contributed by atoms with Gasteiger partial charge in [-0.05, 0) is 53.8 Å². The Morgan fingerprint density at radius 2 is 1.89 bits per heavy atom. The zero-order valence-electron chi connectivity index (χ0n) is 15.3. The summed E-state index contributed by atoms with van der Waals surface area (Å²) in [5, 5.41) is 20.1. The number of benzene rings is 2. The van der Waals surface area contributed by atoms with Crippen LogP contribution < -0.4 is 5.43 Å². The monoisotopic (exact) mass is 362 g/mol. The van der Waals surface area contributed by atoms with Crippen molar-refractivity contribution in [3.63, 3.8) is 0 Å². The van der Waals surface area contributed by atoms with E-state index < -0.39 is 0 Å². The van der Waals surface area contributed by atoms with E-state index in [-0.39, 0.29) is 11.7 Å². The number of phenols is 1. The molecule has 6 heteroatoms. The minimum Gasteiger partial charge on any atom is -0.508 e. The van der Waals surface area contributed by atoms with Gasteiger partial charge in [-0.2, -0.15) is 10.2 Å².